The summed E-state index contributed by atoms with van der Waals surface area (Å²) in [6.45, 7) is 1.32. The van der Waals surface area contributed by atoms with Gasteiger partial charge < -0.3 is 15.3 Å². The second-order valence-corrected chi connectivity index (χ2v) is 3.91. The van der Waals surface area contributed by atoms with Crippen LogP contribution in [0.4, 0.5) is 0 Å². The fraction of sp³-hybridized carbons (Fsp3) is 1.00. The number of aliphatic hydroxyl groups is 3. The van der Waals surface area contributed by atoms with E-state index in [0.717, 1.165) is 0 Å². The van der Waals surface area contributed by atoms with Gasteiger partial charge in [-0.15, -0.1) is 11.6 Å². The van der Waals surface area contributed by atoms with Gasteiger partial charge in [0.2, 0.25) is 4.33 Å². The van der Waals surface area contributed by atoms with E-state index in [1.165, 1.54) is 6.92 Å². The molecule has 0 radical (unpaired) electrons. The summed E-state index contributed by atoms with van der Waals surface area (Å²) in [4.78, 5) is 0. The van der Waals surface area contributed by atoms with E-state index in [1.807, 2.05) is 0 Å². The molecule has 6 heteroatoms. The monoisotopic (exact) mass is 208 g/mol. The first-order valence-corrected chi connectivity index (χ1v) is 3.58. The first-order chi connectivity index (χ1) is 4.19. The van der Waals surface area contributed by atoms with Gasteiger partial charge in [-0.05, 0) is 6.92 Å². The summed E-state index contributed by atoms with van der Waals surface area (Å²) < 4.78 is -2.19. The van der Waals surface area contributed by atoms with Crippen molar-refractivity contribution in [2.24, 2.45) is 0 Å². The van der Waals surface area contributed by atoms with E-state index >= 15 is 0 Å². The molecule has 1 atom stereocenters. The first kappa shape index (κ1) is 10.8. The minimum Gasteiger partial charge on any atom is -0.341 e. The summed E-state index contributed by atoms with van der Waals surface area (Å²) in [5.41, 5.74) is 0. The van der Waals surface area contributed by atoms with Crippen LogP contribution in [0.3, 0.4) is 0 Å². The predicted octanol–water partition coefficient (Wildman–Crippen LogP) is 0.418. The molecule has 10 heavy (non-hydrogen) atoms. The highest BCUT2D eigenvalue weighted by atomic mass is 35.5. The highest BCUT2D eigenvalue weighted by molar-refractivity contribution is 6.52. The Morgan fingerprint density at radius 2 is 1.50 bits per heavy atom. The Morgan fingerprint density at radius 3 is 1.50 bits per heavy atom. The second-order valence-electron chi connectivity index (χ2n) is 1.87. The van der Waals surface area contributed by atoms with Gasteiger partial charge in [-0.3, -0.25) is 0 Å². The van der Waals surface area contributed by atoms with E-state index in [9.17, 15) is 0 Å². The van der Waals surface area contributed by atoms with E-state index in [4.69, 9.17) is 50.1 Å². The number of alkyl halides is 3. The Hall–Kier alpha value is 0.750. The van der Waals surface area contributed by atoms with E-state index in [1.54, 1.807) is 0 Å². The minimum atomic E-state index is -3.18. The zero-order valence-corrected chi connectivity index (χ0v) is 7.32. The van der Waals surface area contributed by atoms with Gasteiger partial charge in [0, 0.05) is 0 Å². The molecule has 3 N–H and O–H groups in total. The van der Waals surface area contributed by atoms with Gasteiger partial charge >= 0.3 is 5.97 Å². The topological polar surface area (TPSA) is 60.7 Å². The third-order valence-electron chi connectivity index (χ3n) is 0.947. The van der Waals surface area contributed by atoms with Gasteiger partial charge in [-0.25, -0.2) is 0 Å². The second kappa shape index (κ2) is 3.01. The zero-order valence-electron chi connectivity index (χ0n) is 5.05. The van der Waals surface area contributed by atoms with Gasteiger partial charge in [0.25, 0.3) is 0 Å². The molecule has 62 valence electrons. The molecule has 0 bridgehead atoms. The zero-order chi connectivity index (χ0) is 8.58. The van der Waals surface area contributed by atoms with Crippen molar-refractivity contribution in [3.05, 3.63) is 0 Å². The molecular formula is C4H7Cl3O3. The van der Waals surface area contributed by atoms with Gasteiger partial charge in [0.15, 0.2) is 0 Å². The lowest BCUT2D eigenvalue weighted by molar-refractivity contribution is -0.318. The highest BCUT2D eigenvalue weighted by Crippen LogP contribution is 2.36. The molecule has 0 aromatic carbocycles. The Morgan fingerprint density at radius 1 is 1.20 bits per heavy atom. The van der Waals surface area contributed by atoms with Crippen molar-refractivity contribution in [3.8, 4) is 0 Å². The maximum Gasteiger partial charge on any atom is 0.311 e. The lowest BCUT2D eigenvalue weighted by atomic mass is 10.3. The van der Waals surface area contributed by atoms with E-state index in [0.29, 0.717) is 0 Å². The molecule has 0 aromatic heterocycles. The SMILES string of the molecule is CC(Cl)C(Cl)(Cl)C(O)(O)O. The van der Waals surface area contributed by atoms with Gasteiger partial charge in [0.05, 0.1) is 5.38 Å². The third kappa shape index (κ3) is 2.12. The molecule has 0 aromatic rings. The number of hydrogen-bond donors (Lipinski definition) is 3. The Balaban J connectivity index is 4.40. The maximum atomic E-state index is 8.48. The van der Waals surface area contributed by atoms with Crippen LogP contribution in [-0.2, 0) is 0 Å². The summed E-state index contributed by atoms with van der Waals surface area (Å²) in [6, 6.07) is 0. The lowest BCUT2D eigenvalue weighted by Gasteiger charge is -2.30. The summed E-state index contributed by atoms with van der Waals surface area (Å²) in [5.74, 6) is -3.18. The van der Waals surface area contributed by atoms with Crippen LogP contribution in [0.2, 0.25) is 0 Å². The normalized spacial score (nSPS) is 17.1. The van der Waals surface area contributed by atoms with Crippen LogP contribution in [0.5, 0.6) is 0 Å². The number of halogens is 3. The predicted molar refractivity (Wildman–Crippen MR) is 39.1 cm³/mol. The minimum absolute atomic E-state index is 0.990. The van der Waals surface area contributed by atoms with Crippen molar-refractivity contribution >= 4 is 34.8 Å². The van der Waals surface area contributed by atoms with Crippen molar-refractivity contribution in [2.45, 2.75) is 22.6 Å². The van der Waals surface area contributed by atoms with Crippen LogP contribution in [0.25, 0.3) is 0 Å². The fourth-order valence-electron chi connectivity index (χ4n) is 0.267. The van der Waals surface area contributed by atoms with E-state index < -0.39 is 15.7 Å². The molecule has 0 heterocycles. The summed E-state index contributed by atoms with van der Waals surface area (Å²) >= 11 is 15.8. The summed E-state index contributed by atoms with van der Waals surface area (Å²) in [6.07, 6.45) is 0. The number of hydrogen-bond acceptors (Lipinski definition) is 3. The van der Waals surface area contributed by atoms with Crippen LogP contribution < -0.4 is 0 Å². The van der Waals surface area contributed by atoms with Crippen molar-refractivity contribution in [1.82, 2.24) is 0 Å². The molecule has 0 rings (SSSR count). The molecule has 0 fully saturated rings. The van der Waals surface area contributed by atoms with Crippen LogP contribution in [0.15, 0.2) is 0 Å². The molecule has 0 amide bonds. The molecule has 0 saturated carbocycles. The van der Waals surface area contributed by atoms with Crippen LogP contribution >= 0.6 is 34.8 Å². The molecular weight excluding hydrogens is 202 g/mol. The van der Waals surface area contributed by atoms with Crippen molar-refractivity contribution in [1.29, 1.82) is 0 Å². The molecule has 0 aliphatic rings. The van der Waals surface area contributed by atoms with Crippen LogP contribution in [0, 0.1) is 0 Å². The van der Waals surface area contributed by atoms with Gasteiger partial charge in [-0.2, -0.15) is 0 Å². The Kier molecular flexibility index (Phi) is 3.23. The van der Waals surface area contributed by atoms with Gasteiger partial charge in [-0.1, -0.05) is 23.2 Å². The number of rotatable bonds is 2. The van der Waals surface area contributed by atoms with Gasteiger partial charge in [0.1, 0.15) is 0 Å². The quantitative estimate of drug-likeness (QED) is 0.456. The smallest absolute Gasteiger partial charge is 0.311 e. The third-order valence-corrected chi connectivity index (χ3v) is 2.66. The largest absolute Gasteiger partial charge is 0.341 e. The Bertz CT molecular complexity index is 117. The Labute approximate surface area is 73.1 Å². The van der Waals surface area contributed by atoms with Crippen molar-refractivity contribution in [3.63, 3.8) is 0 Å². The standard InChI is InChI=1S/C4H7Cl3O3/c1-2(5)3(6,7)4(8,9)10/h2,8-10H,1H3. The lowest BCUT2D eigenvalue weighted by Crippen LogP contribution is -2.50. The molecule has 0 aliphatic carbocycles. The maximum absolute atomic E-state index is 8.48. The average Bonchev–Trinajstić information content (AvgIpc) is 1.62. The van der Waals surface area contributed by atoms with Crippen molar-refractivity contribution < 1.29 is 15.3 Å². The molecule has 0 saturated heterocycles. The first-order valence-electron chi connectivity index (χ1n) is 2.38. The highest BCUT2D eigenvalue weighted by Gasteiger charge is 2.49. The summed E-state index contributed by atoms with van der Waals surface area (Å²) in [5, 5.41) is 24.4. The average molecular weight is 209 g/mol. The fourth-order valence-corrected chi connectivity index (χ4v) is 0.413. The van der Waals surface area contributed by atoms with Crippen LogP contribution in [0.1, 0.15) is 6.92 Å². The molecule has 0 spiro atoms. The van der Waals surface area contributed by atoms with Crippen LogP contribution in [-0.4, -0.2) is 31.0 Å². The summed E-state index contributed by atoms with van der Waals surface area (Å²) in [7, 11) is 0. The van der Waals surface area contributed by atoms with E-state index in [2.05, 4.69) is 0 Å². The van der Waals surface area contributed by atoms with E-state index in [-0.39, 0.29) is 0 Å². The van der Waals surface area contributed by atoms with Crippen molar-refractivity contribution in [2.75, 3.05) is 0 Å². The molecule has 1 unspecified atom stereocenters. The molecule has 3 nitrogen and oxygen atoms in total. The molecule has 0 aliphatic heterocycles.